The Morgan fingerprint density at radius 2 is 1.57 bits per heavy atom. The van der Waals surface area contributed by atoms with E-state index < -0.39 is 0 Å². The van der Waals surface area contributed by atoms with Crippen LogP contribution in [-0.2, 0) is 6.42 Å². The second-order valence-electron chi connectivity index (χ2n) is 5.28. The van der Waals surface area contributed by atoms with Gasteiger partial charge in [-0.25, -0.2) is 4.98 Å². The average Bonchev–Trinajstić information content (AvgIpc) is 2.63. The van der Waals surface area contributed by atoms with Crippen molar-refractivity contribution in [2.24, 2.45) is 0 Å². The van der Waals surface area contributed by atoms with Crippen LogP contribution in [0.4, 0.5) is 0 Å². The van der Waals surface area contributed by atoms with Gasteiger partial charge in [0, 0.05) is 23.7 Å². The average molecular weight is 305 g/mol. The van der Waals surface area contributed by atoms with E-state index in [0.717, 1.165) is 28.9 Å². The predicted molar refractivity (Wildman–Crippen MR) is 92.0 cm³/mol. The van der Waals surface area contributed by atoms with Crippen molar-refractivity contribution in [2.75, 3.05) is 14.2 Å². The molecule has 116 valence electrons. The van der Waals surface area contributed by atoms with Gasteiger partial charge in [-0.05, 0) is 29.3 Å². The molecule has 3 rings (SSSR count). The first kappa shape index (κ1) is 15.1. The molecule has 0 saturated carbocycles. The number of hydrogen-bond acceptors (Lipinski definition) is 3. The largest absolute Gasteiger partial charge is 0.497 e. The lowest BCUT2D eigenvalue weighted by molar-refractivity contribution is 0.393. The summed E-state index contributed by atoms with van der Waals surface area (Å²) >= 11 is 0. The minimum absolute atomic E-state index is 0.667. The topological polar surface area (TPSA) is 31.4 Å². The van der Waals surface area contributed by atoms with Crippen LogP contribution in [0.2, 0.25) is 0 Å². The molecule has 0 aliphatic carbocycles. The van der Waals surface area contributed by atoms with Crippen molar-refractivity contribution in [3.8, 4) is 22.8 Å². The summed E-state index contributed by atoms with van der Waals surface area (Å²) in [7, 11) is 3.33. The van der Waals surface area contributed by atoms with Gasteiger partial charge >= 0.3 is 0 Å². The highest BCUT2D eigenvalue weighted by molar-refractivity contribution is 5.64. The second kappa shape index (κ2) is 6.97. The van der Waals surface area contributed by atoms with Gasteiger partial charge in [0.15, 0.2) is 0 Å². The molecule has 23 heavy (non-hydrogen) atoms. The molecule has 0 aliphatic heterocycles. The van der Waals surface area contributed by atoms with Gasteiger partial charge in [0.25, 0.3) is 0 Å². The Kier molecular flexibility index (Phi) is 4.57. The van der Waals surface area contributed by atoms with E-state index in [0.29, 0.717) is 5.88 Å². The molecule has 0 unspecified atom stereocenters. The zero-order valence-corrected chi connectivity index (χ0v) is 13.3. The highest BCUT2D eigenvalue weighted by Crippen LogP contribution is 2.26. The lowest BCUT2D eigenvalue weighted by atomic mass is 10.0. The maximum absolute atomic E-state index is 5.42. The number of nitrogens with zero attached hydrogens (tertiary/aromatic N) is 1. The molecule has 0 bridgehead atoms. The highest BCUT2D eigenvalue weighted by Gasteiger charge is 2.08. The van der Waals surface area contributed by atoms with Crippen LogP contribution in [0, 0.1) is 0 Å². The number of aromatic nitrogens is 1. The number of benzene rings is 2. The van der Waals surface area contributed by atoms with Gasteiger partial charge in [-0.1, -0.05) is 42.5 Å². The minimum Gasteiger partial charge on any atom is -0.497 e. The fourth-order valence-electron chi connectivity index (χ4n) is 2.56. The molecule has 0 N–H and O–H groups in total. The van der Waals surface area contributed by atoms with Crippen LogP contribution in [-0.4, -0.2) is 19.2 Å². The molecule has 0 fully saturated rings. The van der Waals surface area contributed by atoms with Gasteiger partial charge in [0.1, 0.15) is 5.75 Å². The molecule has 0 aliphatic rings. The van der Waals surface area contributed by atoms with Crippen molar-refractivity contribution < 1.29 is 9.47 Å². The quantitative estimate of drug-likeness (QED) is 0.702. The fourth-order valence-corrected chi connectivity index (χ4v) is 2.56. The van der Waals surface area contributed by atoms with Crippen LogP contribution in [0.15, 0.2) is 66.9 Å². The first-order chi connectivity index (χ1) is 11.3. The molecule has 3 heteroatoms. The van der Waals surface area contributed by atoms with Crippen LogP contribution in [0.1, 0.15) is 11.1 Å². The number of methoxy groups -OCH3 is 2. The van der Waals surface area contributed by atoms with Crippen molar-refractivity contribution in [1.29, 1.82) is 0 Å². The summed E-state index contributed by atoms with van der Waals surface area (Å²) in [5.41, 5.74) is 4.50. The van der Waals surface area contributed by atoms with E-state index in [1.807, 2.05) is 36.5 Å². The molecule has 1 aromatic heterocycles. The monoisotopic (exact) mass is 305 g/mol. The standard InChI is InChI=1S/C20H19NO2/c1-22-19-10-8-15(9-11-19)12-17-13-18(14-21-20(17)23-2)16-6-4-3-5-7-16/h3-11,13-14H,12H2,1-2H3. The number of rotatable bonds is 5. The van der Waals surface area contributed by atoms with E-state index in [4.69, 9.17) is 9.47 Å². The van der Waals surface area contributed by atoms with Crippen LogP contribution in [0.3, 0.4) is 0 Å². The minimum atomic E-state index is 0.667. The molecule has 0 radical (unpaired) electrons. The summed E-state index contributed by atoms with van der Waals surface area (Å²) in [6, 6.07) is 20.4. The first-order valence-electron chi connectivity index (χ1n) is 7.51. The lowest BCUT2D eigenvalue weighted by Gasteiger charge is -2.10. The molecule has 2 aromatic carbocycles. The summed E-state index contributed by atoms with van der Waals surface area (Å²) in [6.07, 6.45) is 2.62. The number of ether oxygens (including phenoxy) is 2. The molecular formula is C20H19NO2. The van der Waals surface area contributed by atoms with Gasteiger partial charge < -0.3 is 9.47 Å². The Hall–Kier alpha value is -2.81. The maximum atomic E-state index is 5.42. The maximum Gasteiger partial charge on any atom is 0.216 e. The smallest absolute Gasteiger partial charge is 0.216 e. The molecular weight excluding hydrogens is 286 g/mol. The third-order valence-corrected chi connectivity index (χ3v) is 3.78. The van der Waals surface area contributed by atoms with E-state index in [-0.39, 0.29) is 0 Å². The van der Waals surface area contributed by atoms with Crippen LogP contribution >= 0.6 is 0 Å². The Morgan fingerprint density at radius 1 is 0.826 bits per heavy atom. The van der Waals surface area contributed by atoms with Crippen LogP contribution in [0.5, 0.6) is 11.6 Å². The van der Waals surface area contributed by atoms with Crippen molar-refractivity contribution in [2.45, 2.75) is 6.42 Å². The molecule has 0 atom stereocenters. The summed E-state index contributed by atoms with van der Waals surface area (Å²) in [4.78, 5) is 4.46. The predicted octanol–water partition coefficient (Wildman–Crippen LogP) is 4.36. The van der Waals surface area contributed by atoms with E-state index in [9.17, 15) is 0 Å². The van der Waals surface area contributed by atoms with E-state index in [1.54, 1.807) is 14.2 Å². The number of pyridine rings is 1. The van der Waals surface area contributed by atoms with Crippen molar-refractivity contribution in [1.82, 2.24) is 4.98 Å². The van der Waals surface area contributed by atoms with Gasteiger partial charge in [-0.2, -0.15) is 0 Å². The number of hydrogen-bond donors (Lipinski definition) is 0. The zero-order valence-electron chi connectivity index (χ0n) is 13.3. The SMILES string of the molecule is COc1ccc(Cc2cc(-c3ccccc3)cnc2OC)cc1. The highest BCUT2D eigenvalue weighted by atomic mass is 16.5. The Morgan fingerprint density at radius 3 is 2.22 bits per heavy atom. The summed E-state index contributed by atoms with van der Waals surface area (Å²) < 4.78 is 10.6. The summed E-state index contributed by atoms with van der Waals surface area (Å²) in [5, 5.41) is 0. The van der Waals surface area contributed by atoms with Gasteiger partial charge in [-0.15, -0.1) is 0 Å². The van der Waals surface area contributed by atoms with E-state index in [1.165, 1.54) is 5.56 Å². The molecule has 0 amide bonds. The Labute approximate surface area is 136 Å². The second-order valence-corrected chi connectivity index (χ2v) is 5.28. The summed E-state index contributed by atoms with van der Waals surface area (Å²) in [5.74, 6) is 1.53. The van der Waals surface area contributed by atoms with Gasteiger partial charge in [0.05, 0.1) is 14.2 Å². The van der Waals surface area contributed by atoms with Gasteiger partial charge in [-0.3, -0.25) is 0 Å². The Balaban J connectivity index is 1.92. The summed E-state index contributed by atoms with van der Waals surface area (Å²) in [6.45, 7) is 0. The molecule has 3 nitrogen and oxygen atoms in total. The van der Waals surface area contributed by atoms with Crippen molar-refractivity contribution in [3.05, 3.63) is 78.0 Å². The van der Waals surface area contributed by atoms with Crippen molar-refractivity contribution >= 4 is 0 Å². The molecule has 0 saturated heterocycles. The van der Waals surface area contributed by atoms with E-state index in [2.05, 4.69) is 35.3 Å². The third kappa shape index (κ3) is 3.51. The van der Waals surface area contributed by atoms with Crippen molar-refractivity contribution in [3.63, 3.8) is 0 Å². The Bertz CT molecular complexity index is 767. The van der Waals surface area contributed by atoms with E-state index >= 15 is 0 Å². The van der Waals surface area contributed by atoms with Gasteiger partial charge in [0.2, 0.25) is 5.88 Å². The lowest BCUT2D eigenvalue weighted by Crippen LogP contribution is -1.97. The fraction of sp³-hybridized carbons (Fsp3) is 0.150. The van der Waals surface area contributed by atoms with Crippen LogP contribution in [0.25, 0.3) is 11.1 Å². The molecule has 3 aromatic rings. The normalized spacial score (nSPS) is 10.3. The van der Waals surface area contributed by atoms with Crippen LogP contribution < -0.4 is 9.47 Å². The third-order valence-electron chi connectivity index (χ3n) is 3.78. The molecule has 0 spiro atoms. The zero-order chi connectivity index (χ0) is 16.1. The molecule has 1 heterocycles. The first-order valence-corrected chi connectivity index (χ1v) is 7.51.